The fourth-order valence-corrected chi connectivity index (χ4v) is 2.38. The van der Waals surface area contributed by atoms with E-state index in [0.29, 0.717) is 6.42 Å². The average Bonchev–Trinajstić information content (AvgIpc) is 2.27. The van der Waals surface area contributed by atoms with E-state index in [4.69, 9.17) is 0 Å². The summed E-state index contributed by atoms with van der Waals surface area (Å²) >= 11 is 0. The van der Waals surface area contributed by atoms with Gasteiger partial charge < -0.3 is 5.11 Å². The smallest absolute Gasteiger partial charge is 0.230 e. The SMILES string of the molecule is CN1Cc2ccccc2C[C@H]1C(O)C[N+](=O)[O-]. The highest BCUT2D eigenvalue weighted by Gasteiger charge is 2.31. The highest BCUT2D eigenvalue weighted by molar-refractivity contribution is 5.30. The number of hydrogen-bond acceptors (Lipinski definition) is 4. The number of hydrogen-bond donors (Lipinski definition) is 1. The van der Waals surface area contributed by atoms with Crippen molar-refractivity contribution in [3.8, 4) is 0 Å². The molecule has 1 aromatic carbocycles. The van der Waals surface area contributed by atoms with Crippen LogP contribution in [-0.4, -0.2) is 40.7 Å². The van der Waals surface area contributed by atoms with Gasteiger partial charge >= 0.3 is 0 Å². The number of fused-ring (bicyclic) bond motifs is 1. The summed E-state index contributed by atoms with van der Waals surface area (Å²) in [5.41, 5.74) is 2.41. The summed E-state index contributed by atoms with van der Waals surface area (Å²) in [5.74, 6) is 0. The largest absolute Gasteiger partial charge is 0.385 e. The van der Waals surface area contributed by atoms with Crippen molar-refractivity contribution in [2.24, 2.45) is 0 Å². The topological polar surface area (TPSA) is 66.6 Å². The van der Waals surface area contributed by atoms with Gasteiger partial charge in [0.2, 0.25) is 6.54 Å². The van der Waals surface area contributed by atoms with Crippen molar-refractivity contribution in [1.82, 2.24) is 4.90 Å². The highest BCUT2D eigenvalue weighted by atomic mass is 16.6. The molecule has 0 amide bonds. The minimum Gasteiger partial charge on any atom is -0.385 e. The minimum absolute atomic E-state index is 0.171. The Bertz CT molecular complexity index is 422. The maximum atomic E-state index is 10.4. The van der Waals surface area contributed by atoms with Gasteiger partial charge in [0, 0.05) is 17.5 Å². The van der Waals surface area contributed by atoms with Gasteiger partial charge in [0.25, 0.3) is 0 Å². The van der Waals surface area contributed by atoms with Crippen molar-refractivity contribution >= 4 is 0 Å². The van der Waals surface area contributed by atoms with Crippen LogP contribution in [0.15, 0.2) is 24.3 Å². The standard InChI is InChI=1S/C12H16N2O3/c1-13-7-10-5-3-2-4-9(10)6-11(13)12(15)8-14(16)17/h2-5,11-12,15H,6-8H2,1H3/t11-,12?/m0/s1. The molecule has 1 N–H and O–H groups in total. The van der Waals surface area contributed by atoms with E-state index in [0.717, 1.165) is 6.54 Å². The van der Waals surface area contributed by atoms with Crippen molar-refractivity contribution in [3.63, 3.8) is 0 Å². The summed E-state index contributed by atoms with van der Waals surface area (Å²) in [6, 6.07) is 7.85. The Labute approximate surface area is 99.8 Å². The second-order valence-electron chi connectivity index (χ2n) is 4.54. The fourth-order valence-electron chi connectivity index (χ4n) is 2.38. The number of nitro groups is 1. The van der Waals surface area contributed by atoms with E-state index < -0.39 is 17.6 Å². The quantitative estimate of drug-likeness (QED) is 0.619. The molecular weight excluding hydrogens is 220 g/mol. The van der Waals surface area contributed by atoms with Gasteiger partial charge in [-0.15, -0.1) is 0 Å². The molecule has 0 aromatic heterocycles. The number of likely N-dealkylation sites (N-methyl/N-ethyl adjacent to an activating group) is 1. The number of aliphatic hydroxyl groups is 1. The highest BCUT2D eigenvalue weighted by Crippen LogP contribution is 2.23. The first kappa shape index (κ1) is 12.0. The van der Waals surface area contributed by atoms with E-state index in [2.05, 4.69) is 6.07 Å². The van der Waals surface area contributed by atoms with Crippen molar-refractivity contribution < 1.29 is 10.0 Å². The zero-order valence-electron chi connectivity index (χ0n) is 9.74. The first-order valence-corrected chi connectivity index (χ1v) is 5.65. The molecule has 0 aliphatic carbocycles. The van der Waals surface area contributed by atoms with Crippen LogP contribution in [0.5, 0.6) is 0 Å². The molecule has 0 fully saturated rings. The van der Waals surface area contributed by atoms with E-state index >= 15 is 0 Å². The molecule has 0 spiro atoms. The summed E-state index contributed by atoms with van der Waals surface area (Å²) < 4.78 is 0. The van der Waals surface area contributed by atoms with E-state index in [1.165, 1.54) is 11.1 Å². The maximum Gasteiger partial charge on any atom is 0.230 e. The lowest BCUT2D eigenvalue weighted by Gasteiger charge is -2.35. The summed E-state index contributed by atoms with van der Waals surface area (Å²) in [6.07, 6.45) is -0.245. The van der Waals surface area contributed by atoms with Crippen LogP contribution >= 0.6 is 0 Å². The van der Waals surface area contributed by atoms with E-state index in [9.17, 15) is 15.2 Å². The van der Waals surface area contributed by atoms with Gasteiger partial charge in [-0.3, -0.25) is 15.0 Å². The molecule has 1 heterocycles. The van der Waals surface area contributed by atoms with Gasteiger partial charge in [0.05, 0.1) is 0 Å². The summed E-state index contributed by atoms with van der Waals surface area (Å²) in [7, 11) is 1.89. The Morgan fingerprint density at radius 2 is 2.18 bits per heavy atom. The number of rotatable bonds is 3. The molecule has 2 rings (SSSR count). The third-order valence-corrected chi connectivity index (χ3v) is 3.31. The van der Waals surface area contributed by atoms with Crippen LogP contribution < -0.4 is 0 Å². The maximum absolute atomic E-state index is 10.4. The second kappa shape index (κ2) is 4.81. The van der Waals surface area contributed by atoms with Gasteiger partial charge in [-0.1, -0.05) is 24.3 Å². The van der Waals surface area contributed by atoms with Gasteiger partial charge in [-0.05, 0) is 24.6 Å². The molecule has 92 valence electrons. The third kappa shape index (κ3) is 2.62. The van der Waals surface area contributed by atoms with Gasteiger partial charge in [0.1, 0.15) is 6.10 Å². The first-order valence-electron chi connectivity index (χ1n) is 5.65. The lowest BCUT2D eigenvalue weighted by atomic mass is 9.91. The number of nitrogens with zero attached hydrogens (tertiary/aromatic N) is 2. The number of benzene rings is 1. The van der Waals surface area contributed by atoms with Crippen LogP contribution in [0.25, 0.3) is 0 Å². The second-order valence-corrected chi connectivity index (χ2v) is 4.54. The van der Waals surface area contributed by atoms with Crippen LogP contribution in [-0.2, 0) is 13.0 Å². The fraction of sp³-hybridized carbons (Fsp3) is 0.500. The van der Waals surface area contributed by atoms with Gasteiger partial charge in [-0.25, -0.2) is 0 Å². The first-order chi connectivity index (χ1) is 8.08. The molecule has 0 saturated carbocycles. The van der Waals surface area contributed by atoms with E-state index in [1.54, 1.807) is 0 Å². The van der Waals surface area contributed by atoms with Crippen molar-refractivity contribution in [3.05, 3.63) is 45.5 Å². The molecule has 1 aromatic rings. The third-order valence-electron chi connectivity index (χ3n) is 3.31. The Kier molecular flexibility index (Phi) is 3.40. The van der Waals surface area contributed by atoms with Crippen molar-refractivity contribution in [2.75, 3.05) is 13.6 Å². The molecule has 1 aliphatic rings. The summed E-state index contributed by atoms with van der Waals surface area (Å²) in [5, 5.41) is 20.3. The molecule has 17 heavy (non-hydrogen) atoms. The van der Waals surface area contributed by atoms with Crippen molar-refractivity contribution in [1.29, 1.82) is 0 Å². The minimum atomic E-state index is -0.914. The monoisotopic (exact) mass is 236 g/mol. The predicted octanol–water partition coefficient (Wildman–Crippen LogP) is 0.681. The predicted molar refractivity (Wildman–Crippen MR) is 63.3 cm³/mol. The molecule has 0 radical (unpaired) electrons. The zero-order chi connectivity index (χ0) is 12.4. The average molecular weight is 236 g/mol. The molecule has 1 unspecified atom stereocenters. The van der Waals surface area contributed by atoms with Crippen LogP contribution in [0.4, 0.5) is 0 Å². The normalized spacial score (nSPS) is 21.9. The van der Waals surface area contributed by atoms with Crippen LogP contribution in [0, 0.1) is 10.1 Å². The molecular formula is C12H16N2O3. The molecule has 1 aliphatic heterocycles. The van der Waals surface area contributed by atoms with E-state index in [-0.39, 0.29) is 6.04 Å². The summed E-state index contributed by atoms with van der Waals surface area (Å²) in [4.78, 5) is 12.0. The molecule has 0 bridgehead atoms. The van der Waals surface area contributed by atoms with Gasteiger partial charge in [-0.2, -0.15) is 0 Å². The molecule has 2 atom stereocenters. The van der Waals surface area contributed by atoms with Crippen LogP contribution in [0.1, 0.15) is 11.1 Å². The Morgan fingerprint density at radius 1 is 1.53 bits per heavy atom. The van der Waals surface area contributed by atoms with Crippen molar-refractivity contribution in [2.45, 2.75) is 25.1 Å². The lowest BCUT2D eigenvalue weighted by Crippen LogP contribution is -2.48. The zero-order valence-corrected chi connectivity index (χ0v) is 9.74. The number of aliphatic hydroxyl groups excluding tert-OH is 1. The van der Waals surface area contributed by atoms with Crippen LogP contribution in [0.3, 0.4) is 0 Å². The lowest BCUT2D eigenvalue weighted by molar-refractivity contribution is -0.492. The van der Waals surface area contributed by atoms with Crippen LogP contribution in [0.2, 0.25) is 0 Å². The Morgan fingerprint density at radius 3 is 2.82 bits per heavy atom. The molecule has 0 saturated heterocycles. The summed E-state index contributed by atoms with van der Waals surface area (Å²) in [6.45, 7) is 0.340. The van der Waals surface area contributed by atoms with Gasteiger partial charge in [0.15, 0.2) is 0 Å². The van der Waals surface area contributed by atoms with E-state index in [1.807, 2.05) is 30.1 Å². The Hall–Kier alpha value is -1.46. The Balaban J connectivity index is 2.14. The molecule has 5 heteroatoms. The molecule has 5 nitrogen and oxygen atoms in total.